The van der Waals surface area contributed by atoms with Gasteiger partial charge in [-0.3, -0.25) is 9.88 Å². The Bertz CT molecular complexity index is 1190. The number of tetrazole rings is 1. The molecule has 4 aromatic rings. The second-order valence-corrected chi connectivity index (χ2v) is 8.27. The number of rotatable bonds is 7. The van der Waals surface area contributed by atoms with E-state index in [1.165, 1.54) is 0 Å². The zero-order valence-corrected chi connectivity index (χ0v) is 19.0. The molecule has 0 radical (unpaired) electrons. The first-order chi connectivity index (χ1) is 16.7. The highest BCUT2D eigenvalue weighted by molar-refractivity contribution is 5.49. The van der Waals surface area contributed by atoms with Gasteiger partial charge in [0.15, 0.2) is 5.82 Å². The predicted molar refractivity (Wildman–Crippen MR) is 128 cm³/mol. The monoisotopic (exact) mass is 457 g/mol. The van der Waals surface area contributed by atoms with Crippen molar-refractivity contribution in [2.24, 2.45) is 0 Å². The van der Waals surface area contributed by atoms with Crippen LogP contribution in [0.5, 0.6) is 11.5 Å². The Morgan fingerprint density at radius 1 is 0.971 bits per heavy atom. The molecule has 1 atom stereocenters. The molecular formula is C25H27N7O2. The summed E-state index contributed by atoms with van der Waals surface area (Å²) in [7, 11) is 1.66. The molecule has 0 spiro atoms. The molecule has 1 N–H and O–H groups in total. The van der Waals surface area contributed by atoms with Crippen LogP contribution in [0.3, 0.4) is 0 Å². The predicted octanol–water partition coefficient (Wildman–Crippen LogP) is 2.74. The molecule has 0 amide bonds. The molecule has 0 saturated carbocycles. The fourth-order valence-corrected chi connectivity index (χ4v) is 4.39. The van der Waals surface area contributed by atoms with Gasteiger partial charge in [0.1, 0.15) is 11.5 Å². The molecule has 0 aliphatic carbocycles. The number of ether oxygens (including phenoxy) is 1. The first kappa shape index (κ1) is 21.8. The van der Waals surface area contributed by atoms with E-state index in [0.29, 0.717) is 6.54 Å². The molecule has 0 unspecified atom stereocenters. The van der Waals surface area contributed by atoms with Crippen LogP contribution in [0.2, 0.25) is 0 Å². The van der Waals surface area contributed by atoms with Gasteiger partial charge < -0.3 is 14.7 Å². The second-order valence-electron chi connectivity index (χ2n) is 8.27. The molecule has 1 aliphatic rings. The summed E-state index contributed by atoms with van der Waals surface area (Å²) in [6.07, 6.45) is 3.67. The molecule has 1 saturated heterocycles. The Hall–Kier alpha value is -3.98. The van der Waals surface area contributed by atoms with Gasteiger partial charge in [-0.2, -0.15) is 0 Å². The molecule has 3 heterocycles. The molecule has 34 heavy (non-hydrogen) atoms. The minimum absolute atomic E-state index is 0.107. The number of phenolic OH excluding ortho intramolecular Hbond substituents is 1. The minimum atomic E-state index is -0.107. The van der Waals surface area contributed by atoms with Crippen molar-refractivity contribution in [2.45, 2.75) is 12.6 Å². The smallest absolute Gasteiger partial charge is 0.173 e. The SMILES string of the molecule is COc1ccc(Cn2nnnc2[C@@H](c2cccnc2)N2CCN(c3ccc(O)cc3)CC2)cc1. The number of aromatic nitrogens is 5. The van der Waals surface area contributed by atoms with Crippen LogP contribution in [0, 0.1) is 0 Å². The van der Waals surface area contributed by atoms with Crippen LogP contribution in [0.25, 0.3) is 0 Å². The maximum Gasteiger partial charge on any atom is 0.173 e. The van der Waals surface area contributed by atoms with E-state index < -0.39 is 0 Å². The third-order valence-electron chi connectivity index (χ3n) is 6.19. The fourth-order valence-electron chi connectivity index (χ4n) is 4.39. The van der Waals surface area contributed by atoms with Gasteiger partial charge in [-0.15, -0.1) is 5.10 Å². The number of benzene rings is 2. The van der Waals surface area contributed by atoms with Crippen LogP contribution in [-0.2, 0) is 6.54 Å². The van der Waals surface area contributed by atoms with Gasteiger partial charge in [0.2, 0.25) is 0 Å². The number of pyridine rings is 1. The number of methoxy groups -OCH3 is 1. The van der Waals surface area contributed by atoms with Gasteiger partial charge in [-0.05, 0) is 64.0 Å². The summed E-state index contributed by atoms with van der Waals surface area (Å²) < 4.78 is 7.14. The first-order valence-electron chi connectivity index (χ1n) is 11.3. The van der Waals surface area contributed by atoms with Crippen LogP contribution in [0.4, 0.5) is 5.69 Å². The van der Waals surface area contributed by atoms with Gasteiger partial charge in [0.05, 0.1) is 19.7 Å². The van der Waals surface area contributed by atoms with E-state index in [-0.39, 0.29) is 11.8 Å². The van der Waals surface area contributed by atoms with Crippen molar-refractivity contribution in [2.75, 3.05) is 38.2 Å². The molecule has 0 bridgehead atoms. The zero-order chi connectivity index (χ0) is 23.3. The lowest BCUT2D eigenvalue weighted by Crippen LogP contribution is -2.48. The van der Waals surface area contributed by atoms with Crippen LogP contribution < -0.4 is 9.64 Å². The summed E-state index contributed by atoms with van der Waals surface area (Å²) >= 11 is 0. The van der Waals surface area contributed by atoms with E-state index >= 15 is 0 Å². The normalized spacial score (nSPS) is 15.3. The topological polar surface area (TPSA) is 92.4 Å². The summed E-state index contributed by atoms with van der Waals surface area (Å²) in [6.45, 7) is 3.98. The average Bonchev–Trinajstić information content (AvgIpc) is 3.34. The van der Waals surface area contributed by atoms with Crippen LogP contribution in [0.1, 0.15) is 23.0 Å². The maximum absolute atomic E-state index is 9.60. The number of aromatic hydroxyl groups is 1. The zero-order valence-electron chi connectivity index (χ0n) is 19.0. The van der Waals surface area contributed by atoms with Gasteiger partial charge >= 0.3 is 0 Å². The highest BCUT2D eigenvalue weighted by Gasteiger charge is 2.31. The number of hydrogen-bond donors (Lipinski definition) is 1. The Morgan fingerprint density at radius 3 is 2.41 bits per heavy atom. The average molecular weight is 458 g/mol. The Kier molecular flexibility index (Phi) is 6.35. The molecule has 9 heteroatoms. The highest BCUT2D eigenvalue weighted by atomic mass is 16.5. The summed E-state index contributed by atoms with van der Waals surface area (Å²) in [5, 5.41) is 22.4. The van der Waals surface area contributed by atoms with E-state index in [1.807, 2.05) is 53.3 Å². The van der Waals surface area contributed by atoms with Crippen molar-refractivity contribution in [1.29, 1.82) is 0 Å². The lowest BCUT2D eigenvalue weighted by atomic mass is 10.0. The Balaban J connectivity index is 1.39. The number of hydrogen-bond acceptors (Lipinski definition) is 8. The van der Waals surface area contributed by atoms with Crippen molar-refractivity contribution in [3.63, 3.8) is 0 Å². The first-order valence-corrected chi connectivity index (χ1v) is 11.3. The summed E-state index contributed by atoms with van der Waals surface area (Å²) in [5.74, 6) is 1.89. The summed E-state index contributed by atoms with van der Waals surface area (Å²) in [6, 6.07) is 19.2. The quantitative estimate of drug-likeness (QED) is 0.453. The fraction of sp³-hybridized carbons (Fsp3) is 0.280. The largest absolute Gasteiger partial charge is 0.508 e. The van der Waals surface area contributed by atoms with Gasteiger partial charge in [0.25, 0.3) is 0 Å². The molecule has 1 aliphatic heterocycles. The number of piperazine rings is 1. The van der Waals surface area contributed by atoms with Crippen LogP contribution in [-0.4, -0.2) is 68.5 Å². The standard InChI is InChI=1S/C25H27N7O2/c1-34-23-10-4-19(5-11-23)18-32-25(27-28-29-32)24(20-3-2-12-26-17-20)31-15-13-30(14-16-31)21-6-8-22(33)9-7-21/h2-12,17,24,33H,13-16,18H2,1H3/t24-/m1/s1. The van der Waals surface area contributed by atoms with Gasteiger partial charge in [-0.25, -0.2) is 4.68 Å². The lowest BCUT2D eigenvalue weighted by molar-refractivity contribution is 0.201. The lowest BCUT2D eigenvalue weighted by Gasteiger charge is -2.39. The maximum atomic E-state index is 9.60. The molecule has 2 aromatic carbocycles. The van der Waals surface area contributed by atoms with Gasteiger partial charge in [0, 0.05) is 44.3 Å². The van der Waals surface area contributed by atoms with Crippen molar-refractivity contribution in [1.82, 2.24) is 30.1 Å². The van der Waals surface area contributed by atoms with E-state index in [2.05, 4.69) is 36.4 Å². The highest BCUT2D eigenvalue weighted by Crippen LogP contribution is 2.29. The Labute approximate surface area is 198 Å². The molecule has 2 aromatic heterocycles. The van der Waals surface area contributed by atoms with E-state index in [9.17, 15) is 5.11 Å². The number of phenols is 1. The summed E-state index contributed by atoms with van der Waals surface area (Å²) in [4.78, 5) is 9.10. The molecular weight excluding hydrogens is 430 g/mol. The van der Waals surface area contributed by atoms with Crippen LogP contribution >= 0.6 is 0 Å². The molecule has 174 valence electrons. The van der Waals surface area contributed by atoms with E-state index in [1.54, 1.807) is 25.4 Å². The number of nitrogens with zero attached hydrogens (tertiary/aromatic N) is 7. The minimum Gasteiger partial charge on any atom is -0.508 e. The third-order valence-corrected chi connectivity index (χ3v) is 6.19. The van der Waals surface area contributed by atoms with Gasteiger partial charge in [-0.1, -0.05) is 18.2 Å². The summed E-state index contributed by atoms with van der Waals surface area (Å²) in [5.41, 5.74) is 3.27. The van der Waals surface area contributed by atoms with Crippen LogP contribution in [0.15, 0.2) is 73.1 Å². The van der Waals surface area contributed by atoms with Crippen molar-refractivity contribution in [3.05, 3.63) is 90.0 Å². The number of anilines is 1. The molecule has 5 rings (SSSR count). The van der Waals surface area contributed by atoms with Crippen molar-refractivity contribution >= 4 is 5.69 Å². The molecule has 9 nitrogen and oxygen atoms in total. The second kappa shape index (κ2) is 9.88. The van der Waals surface area contributed by atoms with E-state index in [0.717, 1.165) is 54.6 Å². The van der Waals surface area contributed by atoms with E-state index in [4.69, 9.17) is 4.74 Å². The van der Waals surface area contributed by atoms with Crippen molar-refractivity contribution in [3.8, 4) is 11.5 Å². The Morgan fingerprint density at radius 2 is 1.74 bits per heavy atom. The molecule has 1 fully saturated rings. The third kappa shape index (κ3) is 4.69. The van der Waals surface area contributed by atoms with Crippen molar-refractivity contribution < 1.29 is 9.84 Å².